The summed E-state index contributed by atoms with van der Waals surface area (Å²) in [6.07, 6.45) is 3.66. The van der Waals surface area contributed by atoms with Crippen molar-refractivity contribution in [2.45, 2.75) is 44.4 Å². The van der Waals surface area contributed by atoms with Crippen LogP contribution in [0.5, 0.6) is 0 Å². The number of para-hydroxylation sites is 2. The topological polar surface area (TPSA) is 44.1 Å². The first-order valence-corrected chi connectivity index (χ1v) is 10.5. The van der Waals surface area contributed by atoms with Gasteiger partial charge in [-0.2, -0.15) is 0 Å². The molecule has 140 valence electrons. The fourth-order valence-corrected chi connectivity index (χ4v) is 4.74. The average Bonchev–Trinajstić information content (AvgIpc) is 2.69. The highest BCUT2D eigenvalue weighted by atomic mass is 32.2. The van der Waals surface area contributed by atoms with Crippen LogP contribution in [-0.2, 0) is 4.74 Å². The van der Waals surface area contributed by atoms with E-state index in [0.717, 1.165) is 52.7 Å². The Morgan fingerprint density at radius 3 is 2.63 bits per heavy atom. The molecule has 0 radical (unpaired) electrons. The Hall–Kier alpha value is -2.11. The number of hydrogen-bond donors (Lipinski definition) is 0. The fourth-order valence-electron chi connectivity index (χ4n) is 3.67. The van der Waals surface area contributed by atoms with E-state index in [9.17, 15) is 4.79 Å². The van der Waals surface area contributed by atoms with E-state index in [0.29, 0.717) is 5.39 Å². The summed E-state index contributed by atoms with van der Waals surface area (Å²) >= 11 is 1.62. The molecule has 0 N–H and O–H groups in total. The molecule has 3 aromatic rings. The van der Waals surface area contributed by atoms with E-state index < -0.39 is 0 Å². The predicted molar refractivity (Wildman–Crippen MR) is 111 cm³/mol. The molecule has 2 aromatic carbocycles. The van der Waals surface area contributed by atoms with Crippen molar-refractivity contribution in [1.82, 2.24) is 9.55 Å². The Morgan fingerprint density at radius 2 is 1.89 bits per heavy atom. The highest BCUT2D eigenvalue weighted by Gasteiger charge is 2.19. The molecule has 1 fully saturated rings. The van der Waals surface area contributed by atoms with Gasteiger partial charge >= 0.3 is 0 Å². The Morgan fingerprint density at radius 1 is 1.11 bits per heavy atom. The minimum absolute atomic E-state index is 0.00920. The minimum Gasteiger partial charge on any atom is -0.377 e. The predicted octanol–water partition coefficient (Wildman–Crippen LogP) is 4.66. The number of thioether (sulfide) groups is 1. The Bertz CT molecular complexity index is 1000. The van der Waals surface area contributed by atoms with Crippen molar-refractivity contribution in [3.05, 3.63) is 63.9 Å². The summed E-state index contributed by atoms with van der Waals surface area (Å²) < 4.78 is 7.67. The molecule has 2 heterocycles. The van der Waals surface area contributed by atoms with Crippen molar-refractivity contribution in [3.63, 3.8) is 0 Å². The molecule has 4 nitrogen and oxygen atoms in total. The van der Waals surface area contributed by atoms with Crippen molar-refractivity contribution in [2.75, 3.05) is 12.4 Å². The quantitative estimate of drug-likeness (QED) is 0.488. The number of aryl methyl sites for hydroxylation is 2. The van der Waals surface area contributed by atoms with Crippen LogP contribution in [0.3, 0.4) is 0 Å². The molecule has 0 bridgehead atoms. The van der Waals surface area contributed by atoms with Gasteiger partial charge in [0.1, 0.15) is 0 Å². The van der Waals surface area contributed by atoms with Crippen LogP contribution in [0.25, 0.3) is 16.6 Å². The first-order chi connectivity index (χ1) is 13.1. The summed E-state index contributed by atoms with van der Waals surface area (Å²) in [6.45, 7) is 4.92. The molecular formula is C22H24N2O2S. The van der Waals surface area contributed by atoms with Crippen molar-refractivity contribution in [1.29, 1.82) is 0 Å². The summed E-state index contributed by atoms with van der Waals surface area (Å²) in [7, 11) is 0. The van der Waals surface area contributed by atoms with Crippen molar-refractivity contribution < 1.29 is 4.74 Å². The van der Waals surface area contributed by atoms with E-state index in [2.05, 4.69) is 0 Å². The molecule has 0 amide bonds. The number of rotatable bonds is 4. The van der Waals surface area contributed by atoms with E-state index >= 15 is 0 Å². The molecule has 1 aliphatic heterocycles. The van der Waals surface area contributed by atoms with Gasteiger partial charge in [0.2, 0.25) is 0 Å². The van der Waals surface area contributed by atoms with E-state index in [1.54, 1.807) is 16.3 Å². The number of benzene rings is 2. The van der Waals surface area contributed by atoms with Crippen LogP contribution in [0.4, 0.5) is 0 Å². The summed E-state index contributed by atoms with van der Waals surface area (Å²) in [5.74, 6) is 0.815. The molecule has 27 heavy (non-hydrogen) atoms. The van der Waals surface area contributed by atoms with Gasteiger partial charge < -0.3 is 4.74 Å². The highest BCUT2D eigenvalue weighted by Crippen LogP contribution is 2.27. The fraction of sp³-hybridized carbons (Fsp3) is 0.364. The van der Waals surface area contributed by atoms with Crippen LogP contribution < -0.4 is 5.56 Å². The second-order valence-corrected chi connectivity index (χ2v) is 8.08. The van der Waals surface area contributed by atoms with Gasteiger partial charge in [-0.25, -0.2) is 4.98 Å². The SMILES string of the molecule is Cc1cccc(C)c1-n1c(SC[C@H]2CCCCO2)nc2ccccc2c1=O. The second-order valence-electron chi connectivity index (χ2n) is 7.09. The lowest BCUT2D eigenvalue weighted by Gasteiger charge is -2.23. The number of fused-ring (bicyclic) bond motifs is 1. The Labute approximate surface area is 163 Å². The molecule has 1 atom stereocenters. The van der Waals surface area contributed by atoms with Gasteiger partial charge in [-0.1, -0.05) is 42.1 Å². The summed E-state index contributed by atoms with van der Waals surface area (Å²) in [4.78, 5) is 18.2. The Balaban J connectivity index is 1.84. The lowest BCUT2D eigenvalue weighted by molar-refractivity contribution is 0.0315. The average molecular weight is 381 g/mol. The second kappa shape index (κ2) is 7.87. The summed E-state index contributed by atoms with van der Waals surface area (Å²) in [5, 5.41) is 1.39. The molecule has 0 spiro atoms. The minimum atomic E-state index is -0.00920. The van der Waals surface area contributed by atoms with Gasteiger partial charge in [0.05, 0.1) is 22.7 Å². The van der Waals surface area contributed by atoms with Crippen LogP contribution in [-0.4, -0.2) is 28.0 Å². The molecule has 5 heteroatoms. The molecule has 0 saturated carbocycles. The van der Waals surface area contributed by atoms with Crippen LogP contribution >= 0.6 is 11.8 Å². The van der Waals surface area contributed by atoms with Crippen molar-refractivity contribution in [2.24, 2.45) is 0 Å². The molecule has 1 saturated heterocycles. The van der Waals surface area contributed by atoms with E-state index in [-0.39, 0.29) is 11.7 Å². The highest BCUT2D eigenvalue weighted by molar-refractivity contribution is 7.99. The molecule has 0 unspecified atom stereocenters. The molecule has 0 aliphatic carbocycles. The number of aromatic nitrogens is 2. The van der Waals surface area contributed by atoms with Gasteiger partial charge in [0.15, 0.2) is 5.16 Å². The van der Waals surface area contributed by atoms with Crippen LogP contribution in [0.15, 0.2) is 52.4 Å². The first kappa shape index (κ1) is 18.3. The zero-order chi connectivity index (χ0) is 18.8. The number of nitrogens with zero attached hydrogens (tertiary/aromatic N) is 2. The van der Waals surface area contributed by atoms with Crippen molar-refractivity contribution >= 4 is 22.7 Å². The largest absolute Gasteiger partial charge is 0.377 e. The van der Waals surface area contributed by atoms with Crippen LogP contribution in [0, 0.1) is 13.8 Å². The van der Waals surface area contributed by atoms with Gasteiger partial charge in [-0.3, -0.25) is 9.36 Å². The maximum atomic E-state index is 13.4. The van der Waals surface area contributed by atoms with Gasteiger partial charge in [0, 0.05) is 12.4 Å². The molecule has 1 aromatic heterocycles. The van der Waals surface area contributed by atoms with Crippen LogP contribution in [0.2, 0.25) is 0 Å². The maximum Gasteiger partial charge on any atom is 0.266 e. The first-order valence-electron chi connectivity index (χ1n) is 9.48. The molecular weight excluding hydrogens is 356 g/mol. The van der Waals surface area contributed by atoms with E-state index in [1.165, 1.54) is 6.42 Å². The summed E-state index contributed by atoms with van der Waals surface area (Å²) in [5.41, 5.74) is 3.82. The van der Waals surface area contributed by atoms with E-state index in [4.69, 9.17) is 9.72 Å². The normalized spacial score (nSPS) is 17.3. The standard InChI is InChI=1S/C22H24N2O2S/c1-15-8-7-9-16(2)20(15)24-21(25)18-11-3-4-12-19(18)23-22(24)27-14-17-10-5-6-13-26-17/h3-4,7-9,11-12,17H,5-6,10,13-14H2,1-2H3/t17-/m1/s1. The monoisotopic (exact) mass is 380 g/mol. The lowest BCUT2D eigenvalue weighted by atomic mass is 10.1. The third-order valence-corrected chi connectivity index (χ3v) is 6.15. The number of ether oxygens (including phenoxy) is 1. The van der Waals surface area contributed by atoms with Crippen molar-refractivity contribution in [3.8, 4) is 5.69 Å². The third kappa shape index (κ3) is 3.66. The number of hydrogen-bond acceptors (Lipinski definition) is 4. The zero-order valence-electron chi connectivity index (χ0n) is 15.8. The van der Waals surface area contributed by atoms with E-state index in [1.807, 2.05) is 56.3 Å². The van der Waals surface area contributed by atoms with Gasteiger partial charge in [-0.15, -0.1) is 0 Å². The lowest BCUT2D eigenvalue weighted by Crippen LogP contribution is -2.25. The van der Waals surface area contributed by atoms with Crippen LogP contribution in [0.1, 0.15) is 30.4 Å². The van der Waals surface area contributed by atoms with Gasteiger partial charge in [-0.05, 0) is 56.4 Å². The third-order valence-electron chi connectivity index (χ3n) is 5.08. The summed E-state index contributed by atoms with van der Waals surface area (Å²) in [6, 6.07) is 13.7. The smallest absolute Gasteiger partial charge is 0.266 e. The molecule has 1 aliphatic rings. The van der Waals surface area contributed by atoms with Gasteiger partial charge in [0.25, 0.3) is 5.56 Å². The maximum absolute atomic E-state index is 13.4. The molecule has 4 rings (SSSR count). The zero-order valence-corrected chi connectivity index (χ0v) is 16.6. The Kier molecular flexibility index (Phi) is 5.32.